The number of para-hydroxylation sites is 1. The average molecular weight is 537 g/mol. The summed E-state index contributed by atoms with van der Waals surface area (Å²) in [6, 6.07) is 10.5. The molecule has 0 atom stereocenters. The Hall–Kier alpha value is -4.04. The van der Waals surface area contributed by atoms with E-state index in [0.717, 1.165) is 16.5 Å². The van der Waals surface area contributed by atoms with Gasteiger partial charge in [0, 0.05) is 61.9 Å². The van der Waals surface area contributed by atoms with Gasteiger partial charge in [-0.15, -0.1) is 0 Å². The molecule has 1 fully saturated rings. The Balaban J connectivity index is 1.33. The number of nitrogen functional groups attached to an aromatic ring is 1. The number of hydrogen-bond acceptors (Lipinski definition) is 11. The number of aliphatic hydroxyl groups is 1. The van der Waals surface area contributed by atoms with Gasteiger partial charge in [-0.25, -0.2) is 18.4 Å². The van der Waals surface area contributed by atoms with Crippen molar-refractivity contribution in [1.29, 1.82) is 0 Å². The number of anilines is 4. The van der Waals surface area contributed by atoms with Crippen molar-refractivity contribution in [2.24, 2.45) is 0 Å². The molecule has 3 heterocycles. The largest absolute Gasteiger partial charge is 0.395 e. The maximum atomic E-state index is 13.2. The Morgan fingerprint density at radius 1 is 1.13 bits per heavy atom. The van der Waals surface area contributed by atoms with E-state index < -0.39 is 10.0 Å². The molecule has 12 nitrogen and oxygen atoms in total. The van der Waals surface area contributed by atoms with Crippen molar-refractivity contribution in [2.75, 3.05) is 55.7 Å². The van der Waals surface area contributed by atoms with Crippen LogP contribution in [0.15, 0.2) is 58.2 Å². The molecule has 198 valence electrons. The molecule has 5 rings (SSSR count). The first-order valence-corrected chi connectivity index (χ1v) is 13.5. The van der Waals surface area contributed by atoms with E-state index in [-0.39, 0.29) is 18.0 Å². The highest BCUT2D eigenvalue weighted by molar-refractivity contribution is 7.89. The second-order valence-corrected chi connectivity index (χ2v) is 10.5. The van der Waals surface area contributed by atoms with E-state index in [1.54, 1.807) is 30.6 Å². The highest BCUT2D eigenvalue weighted by Crippen LogP contribution is 2.29. The van der Waals surface area contributed by atoms with E-state index in [2.05, 4.69) is 31.1 Å². The fraction of sp³-hybridized carbons (Fsp3) is 0.240. The normalized spacial score (nSPS) is 14.8. The van der Waals surface area contributed by atoms with Gasteiger partial charge in [-0.05, 0) is 24.3 Å². The molecule has 1 aliphatic heterocycles. The molecule has 4 aromatic rings. The average Bonchev–Trinajstić information content (AvgIpc) is 3.33. The second-order valence-electron chi connectivity index (χ2n) is 8.61. The number of nitrogens with zero attached hydrogens (tertiary/aromatic N) is 4. The van der Waals surface area contributed by atoms with Gasteiger partial charge in [0.1, 0.15) is 4.90 Å². The van der Waals surface area contributed by atoms with Crippen molar-refractivity contribution in [3.63, 3.8) is 0 Å². The van der Waals surface area contributed by atoms with Crippen LogP contribution in [0.3, 0.4) is 0 Å². The van der Waals surface area contributed by atoms with Crippen LogP contribution in [0.25, 0.3) is 23.1 Å². The molecule has 2 aromatic carbocycles. The van der Waals surface area contributed by atoms with Gasteiger partial charge in [-0.3, -0.25) is 0 Å². The molecule has 38 heavy (non-hydrogen) atoms. The Kier molecular flexibility index (Phi) is 7.51. The number of hydrogen-bond donors (Lipinski definition) is 5. The molecule has 1 saturated heterocycles. The van der Waals surface area contributed by atoms with E-state index >= 15 is 0 Å². The van der Waals surface area contributed by atoms with Crippen LogP contribution < -0.4 is 21.7 Å². The summed E-state index contributed by atoms with van der Waals surface area (Å²) in [7, 11) is -3.70. The van der Waals surface area contributed by atoms with Gasteiger partial charge < -0.3 is 31.3 Å². The van der Waals surface area contributed by atoms with Crippen LogP contribution in [0.2, 0.25) is 0 Å². The van der Waals surface area contributed by atoms with Crippen LogP contribution in [-0.2, 0) is 10.0 Å². The quantitative estimate of drug-likeness (QED) is 0.212. The summed E-state index contributed by atoms with van der Waals surface area (Å²) in [4.78, 5) is 8.89. The maximum absolute atomic E-state index is 13.2. The van der Waals surface area contributed by atoms with Crippen LogP contribution in [0, 0.1) is 0 Å². The van der Waals surface area contributed by atoms with Crippen molar-refractivity contribution in [2.45, 2.75) is 4.90 Å². The third kappa shape index (κ3) is 5.45. The predicted molar refractivity (Wildman–Crippen MR) is 146 cm³/mol. The fourth-order valence-corrected chi connectivity index (χ4v) is 5.71. The maximum Gasteiger partial charge on any atom is 0.245 e. The number of rotatable bonds is 9. The lowest BCUT2D eigenvalue weighted by Crippen LogP contribution is -2.46. The lowest BCUT2D eigenvalue weighted by molar-refractivity contribution is 0.311. The first-order valence-electron chi connectivity index (χ1n) is 12.1. The van der Waals surface area contributed by atoms with Gasteiger partial charge in [0.25, 0.3) is 0 Å². The number of nitrogens with one attached hydrogen (secondary N) is 3. The number of nitrogens with two attached hydrogens (primary N) is 1. The topological polar surface area (TPSA) is 172 Å². The van der Waals surface area contributed by atoms with E-state index in [9.17, 15) is 13.5 Å². The predicted octanol–water partition coefficient (Wildman–Crippen LogP) is 2.11. The minimum atomic E-state index is -3.70. The van der Waals surface area contributed by atoms with Gasteiger partial charge in [-0.2, -0.15) is 4.31 Å². The standard InChI is InChI=1S/C25H28N8O4S/c26-24-20-3-1-2-18(23(20)37-32-24)5-4-17-15-29-25(30-16-17)31-19-6-7-22(21(14-19)28-10-13-34)38(35,36)33-11-8-27-9-12-33/h1-7,14-16,27-28,34H,8-13H2,(H2,26,32)(H,29,30,31). The molecule has 0 bridgehead atoms. The summed E-state index contributed by atoms with van der Waals surface area (Å²) >= 11 is 0. The minimum Gasteiger partial charge on any atom is -0.395 e. The van der Waals surface area contributed by atoms with E-state index in [4.69, 9.17) is 10.3 Å². The summed E-state index contributed by atoms with van der Waals surface area (Å²) in [6.45, 7) is 2.08. The zero-order valence-corrected chi connectivity index (χ0v) is 21.3. The van der Waals surface area contributed by atoms with Gasteiger partial charge in [0.05, 0.1) is 17.7 Å². The summed E-state index contributed by atoms with van der Waals surface area (Å²) in [6.07, 6.45) is 7.04. The summed E-state index contributed by atoms with van der Waals surface area (Å²) in [5.74, 6) is 0.691. The Morgan fingerprint density at radius 2 is 1.92 bits per heavy atom. The number of piperazine rings is 1. The minimum absolute atomic E-state index is 0.138. The smallest absolute Gasteiger partial charge is 0.245 e. The summed E-state index contributed by atoms with van der Waals surface area (Å²) in [5.41, 5.74) is 9.01. The van der Waals surface area contributed by atoms with Gasteiger partial charge >= 0.3 is 0 Å². The fourth-order valence-electron chi connectivity index (χ4n) is 4.12. The van der Waals surface area contributed by atoms with E-state index in [1.165, 1.54) is 4.31 Å². The highest BCUT2D eigenvalue weighted by atomic mass is 32.2. The summed E-state index contributed by atoms with van der Waals surface area (Å²) < 4.78 is 33.3. The third-order valence-electron chi connectivity index (χ3n) is 6.04. The monoisotopic (exact) mass is 536 g/mol. The number of aliphatic hydroxyl groups excluding tert-OH is 1. The molecule has 13 heteroatoms. The number of fused-ring (bicyclic) bond motifs is 1. The molecule has 0 saturated carbocycles. The number of sulfonamides is 1. The lowest BCUT2D eigenvalue weighted by atomic mass is 10.1. The molecule has 0 spiro atoms. The van der Waals surface area contributed by atoms with E-state index in [0.29, 0.717) is 54.9 Å². The van der Waals surface area contributed by atoms with Crippen LogP contribution >= 0.6 is 0 Å². The van der Waals surface area contributed by atoms with Crippen molar-refractivity contribution in [1.82, 2.24) is 24.7 Å². The Morgan fingerprint density at radius 3 is 2.68 bits per heavy atom. The van der Waals surface area contributed by atoms with Crippen molar-refractivity contribution < 1.29 is 18.0 Å². The van der Waals surface area contributed by atoms with E-state index in [1.807, 2.05) is 30.4 Å². The van der Waals surface area contributed by atoms with Gasteiger partial charge in [0.2, 0.25) is 16.0 Å². The summed E-state index contributed by atoms with van der Waals surface area (Å²) in [5, 5.41) is 23.1. The van der Waals surface area contributed by atoms with Crippen molar-refractivity contribution >= 4 is 56.3 Å². The van der Waals surface area contributed by atoms with Crippen molar-refractivity contribution in [3.05, 3.63) is 59.9 Å². The molecule has 2 aromatic heterocycles. The number of benzene rings is 2. The zero-order valence-electron chi connectivity index (χ0n) is 20.5. The molecule has 1 aliphatic rings. The molecule has 6 N–H and O–H groups in total. The lowest BCUT2D eigenvalue weighted by Gasteiger charge is -2.27. The Labute approximate surface area is 219 Å². The first-order chi connectivity index (χ1) is 18.5. The molecular formula is C25H28N8O4S. The SMILES string of the molecule is Nc1noc2c(C=Cc3cnc(Nc4ccc(S(=O)(=O)N5CCNCC5)c(NCCO)c4)nc3)cccc12. The third-order valence-corrected chi connectivity index (χ3v) is 8.00. The van der Waals surface area contributed by atoms with Crippen LogP contribution in [0.1, 0.15) is 11.1 Å². The highest BCUT2D eigenvalue weighted by Gasteiger charge is 2.28. The number of aromatic nitrogens is 3. The van der Waals surface area contributed by atoms with Gasteiger partial charge in [-0.1, -0.05) is 29.4 Å². The molecule has 0 radical (unpaired) electrons. The first kappa shape index (κ1) is 25.6. The van der Waals surface area contributed by atoms with Gasteiger partial charge in [0.15, 0.2) is 11.4 Å². The molecule has 0 amide bonds. The Bertz CT molecular complexity index is 1550. The van der Waals surface area contributed by atoms with Crippen LogP contribution in [0.4, 0.5) is 23.1 Å². The van der Waals surface area contributed by atoms with Crippen LogP contribution in [-0.4, -0.2) is 72.3 Å². The zero-order chi connectivity index (χ0) is 26.5. The molecule has 0 unspecified atom stereocenters. The molecule has 0 aliphatic carbocycles. The molecular weight excluding hydrogens is 508 g/mol. The second kappa shape index (κ2) is 11.1. The van der Waals surface area contributed by atoms with Crippen LogP contribution in [0.5, 0.6) is 0 Å². The van der Waals surface area contributed by atoms with Crippen molar-refractivity contribution in [3.8, 4) is 0 Å².